The predicted octanol–water partition coefficient (Wildman–Crippen LogP) is 3.82. The molecule has 9 nitrogen and oxygen atoms in total. The van der Waals surface area contributed by atoms with Gasteiger partial charge in [-0.1, -0.05) is 6.08 Å². The number of fused-ring (bicyclic) bond motifs is 1. The molecule has 4 rings (SSSR count). The highest BCUT2D eigenvalue weighted by Crippen LogP contribution is 2.36. The number of hydrogen-bond acceptors (Lipinski definition) is 8. The molecule has 0 bridgehead atoms. The van der Waals surface area contributed by atoms with Crippen molar-refractivity contribution < 1.29 is 24.1 Å². The first-order valence-electron chi connectivity index (χ1n) is 11.4. The van der Waals surface area contributed by atoms with E-state index < -0.39 is 6.10 Å². The Kier molecular flexibility index (Phi) is 8.00. The number of aliphatic hydroxyl groups is 1. The van der Waals surface area contributed by atoms with Crippen molar-refractivity contribution in [2.24, 2.45) is 0 Å². The highest BCUT2D eigenvalue weighted by Gasteiger charge is 2.19. The maximum Gasteiger partial charge on any atom is 0.336 e. The van der Waals surface area contributed by atoms with Gasteiger partial charge in [-0.25, -0.2) is 4.68 Å². The zero-order valence-corrected chi connectivity index (χ0v) is 19.3. The van der Waals surface area contributed by atoms with E-state index in [2.05, 4.69) is 22.0 Å². The molecule has 180 valence electrons. The minimum atomic E-state index is -0.429. The molecular formula is C25H30N4O5. The summed E-state index contributed by atoms with van der Waals surface area (Å²) in [5.74, 6) is 1.99. The van der Waals surface area contributed by atoms with E-state index in [0.29, 0.717) is 50.1 Å². The Balaban J connectivity index is 1.54. The molecule has 1 aromatic heterocycles. The van der Waals surface area contributed by atoms with E-state index >= 15 is 0 Å². The van der Waals surface area contributed by atoms with Crippen LogP contribution in [0.5, 0.6) is 17.5 Å². The van der Waals surface area contributed by atoms with Crippen LogP contribution >= 0.6 is 0 Å². The lowest BCUT2D eigenvalue weighted by Crippen LogP contribution is -2.19. The summed E-state index contributed by atoms with van der Waals surface area (Å²) in [4.78, 5) is 4.61. The smallest absolute Gasteiger partial charge is 0.336 e. The van der Waals surface area contributed by atoms with Crippen LogP contribution in [-0.2, 0) is 4.74 Å². The van der Waals surface area contributed by atoms with Gasteiger partial charge in [0.25, 0.3) is 0 Å². The van der Waals surface area contributed by atoms with E-state index in [4.69, 9.17) is 18.9 Å². The Morgan fingerprint density at radius 2 is 2.00 bits per heavy atom. The van der Waals surface area contributed by atoms with Gasteiger partial charge in [0.15, 0.2) is 17.3 Å². The zero-order chi connectivity index (χ0) is 23.8. The summed E-state index contributed by atoms with van der Waals surface area (Å²) in [7, 11) is 0. The number of anilines is 1. The summed E-state index contributed by atoms with van der Waals surface area (Å²) in [6.07, 6.45) is 2.84. The van der Waals surface area contributed by atoms with E-state index in [1.807, 2.05) is 55.5 Å². The molecule has 0 radical (unpaired) electrons. The van der Waals surface area contributed by atoms with Crippen LogP contribution in [0.2, 0.25) is 0 Å². The van der Waals surface area contributed by atoms with Crippen LogP contribution < -0.4 is 19.5 Å². The first-order valence-corrected chi connectivity index (χ1v) is 11.4. The summed E-state index contributed by atoms with van der Waals surface area (Å²) in [6.45, 7) is 7.74. The Labute approximate surface area is 198 Å². The minimum absolute atomic E-state index is 0.202. The summed E-state index contributed by atoms with van der Waals surface area (Å²) >= 11 is 0. The molecule has 0 amide bonds. The summed E-state index contributed by atoms with van der Waals surface area (Å²) in [6, 6.07) is 13.7. The molecule has 0 saturated carbocycles. The number of aliphatic hydroxyl groups excluding tert-OH is 1. The molecule has 2 aromatic carbocycles. The van der Waals surface area contributed by atoms with E-state index in [1.165, 1.54) is 0 Å². The van der Waals surface area contributed by atoms with Crippen LogP contribution in [0.4, 0.5) is 5.69 Å². The molecule has 1 unspecified atom stereocenters. The predicted molar refractivity (Wildman–Crippen MR) is 129 cm³/mol. The molecule has 9 heteroatoms. The van der Waals surface area contributed by atoms with Crippen molar-refractivity contribution >= 4 is 5.69 Å². The third-order valence-corrected chi connectivity index (χ3v) is 5.24. The normalized spacial score (nSPS) is 13.0. The molecule has 0 spiro atoms. The fourth-order valence-electron chi connectivity index (χ4n) is 3.46. The number of ether oxygens (including phenoxy) is 4. The van der Waals surface area contributed by atoms with Crippen molar-refractivity contribution in [3.63, 3.8) is 0 Å². The molecule has 34 heavy (non-hydrogen) atoms. The third-order valence-electron chi connectivity index (χ3n) is 5.24. The molecule has 0 saturated heterocycles. The van der Waals surface area contributed by atoms with Crippen LogP contribution in [0.1, 0.15) is 19.8 Å². The summed E-state index contributed by atoms with van der Waals surface area (Å²) in [5, 5.41) is 17.9. The van der Waals surface area contributed by atoms with Crippen LogP contribution in [0.3, 0.4) is 0 Å². The first-order chi connectivity index (χ1) is 16.7. The van der Waals surface area contributed by atoms with Crippen molar-refractivity contribution in [1.82, 2.24) is 14.8 Å². The maximum atomic E-state index is 10.0. The van der Waals surface area contributed by atoms with E-state index in [9.17, 15) is 5.11 Å². The van der Waals surface area contributed by atoms with Crippen LogP contribution in [0.25, 0.3) is 17.1 Å². The van der Waals surface area contributed by atoms with Gasteiger partial charge in [0.2, 0.25) is 6.79 Å². The lowest BCUT2D eigenvalue weighted by molar-refractivity contribution is 0.106. The van der Waals surface area contributed by atoms with Gasteiger partial charge in [0.05, 0.1) is 18.4 Å². The molecule has 2 N–H and O–H groups in total. The second-order valence-corrected chi connectivity index (χ2v) is 7.69. The van der Waals surface area contributed by atoms with Gasteiger partial charge in [0, 0.05) is 24.4 Å². The highest BCUT2D eigenvalue weighted by molar-refractivity contribution is 5.64. The Morgan fingerprint density at radius 1 is 1.18 bits per heavy atom. The van der Waals surface area contributed by atoms with Crippen molar-refractivity contribution in [1.29, 1.82) is 0 Å². The van der Waals surface area contributed by atoms with Gasteiger partial charge in [-0.2, -0.15) is 4.98 Å². The quantitative estimate of drug-likeness (QED) is 0.290. The van der Waals surface area contributed by atoms with Crippen LogP contribution in [0.15, 0.2) is 55.1 Å². The van der Waals surface area contributed by atoms with Crippen molar-refractivity contribution in [2.75, 3.05) is 38.5 Å². The second-order valence-electron chi connectivity index (χ2n) is 7.69. The molecule has 0 aliphatic carbocycles. The van der Waals surface area contributed by atoms with Crippen molar-refractivity contribution in [3.05, 3.63) is 55.1 Å². The lowest BCUT2D eigenvalue weighted by atomic mass is 10.2. The average Bonchev–Trinajstić information content (AvgIpc) is 3.51. The number of allylic oxidation sites excluding steroid dienone is 1. The highest BCUT2D eigenvalue weighted by atomic mass is 16.7. The van der Waals surface area contributed by atoms with Gasteiger partial charge >= 0.3 is 6.01 Å². The number of nitrogens with one attached hydrogen (secondary N) is 1. The molecule has 3 aromatic rings. The Bertz CT molecular complexity index is 1080. The third kappa shape index (κ3) is 5.86. The monoisotopic (exact) mass is 466 g/mol. The van der Waals surface area contributed by atoms with Gasteiger partial charge < -0.3 is 29.4 Å². The van der Waals surface area contributed by atoms with E-state index in [0.717, 1.165) is 23.4 Å². The van der Waals surface area contributed by atoms with E-state index in [1.54, 1.807) is 4.68 Å². The van der Waals surface area contributed by atoms with Crippen molar-refractivity contribution in [3.8, 4) is 34.6 Å². The van der Waals surface area contributed by atoms with E-state index in [-0.39, 0.29) is 12.8 Å². The topological polar surface area (TPSA) is 99.9 Å². The lowest BCUT2D eigenvalue weighted by Gasteiger charge is -2.12. The molecule has 2 heterocycles. The SMILES string of the molecule is C=CCCC(O)CNc1ccc(-n2nc(OCCOCC)nc2-c2ccc3c(c2)OCO3)cc1. The summed E-state index contributed by atoms with van der Waals surface area (Å²) in [5.41, 5.74) is 2.54. The van der Waals surface area contributed by atoms with Gasteiger partial charge in [-0.05, 0) is 62.2 Å². The fourth-order valence-corrected chi connectivity index (χ4v) is 3.46. The largest absolute Gasteiger partial charge is 0.460 e. The minimum Gasteiger partial charge on any atom is -0.460 e. The van der Waals surface area contributed by atoms with Gasteiger partial charge in [0.1, 0.15) is 6.61 Å². The first kappa shape index (κ1) is 23.6. The number of nitrogens with zero attached hydrogens (tertiary/aromatic N) is 3. The number of rotatable bonds is 13. The fraction of sp³-hybridized carbons (Fsp3) is 0.360. The Hall–Kier alpha value is -3.56. The Morgan fingerprint density at radius 3 is 2.79 bits per heavy atom. The average molecular weight is 467 g/mol. The molecular weight excluding hydrogens is 436 g/mol. The van der Waals surface area contributed by atoms with Gasteiger partial charge in [-0.3, -0.25) is 0 Å². The number of hydrogen-bond donors (Lipinski definition) is 2. The second kappa shape index (κ2) is 11.5. The molecule has 1 aliphatic rings. The van der Waals surface area contributed by atoms with Crippen LogP contribution in [0, 0.1) is 0 Å². The standard InChI is InChI=1S/C25H30N4O5/c1-3-5-6-21(30)16-26-19-8-10-20(11-9-19)29-24(27-25(28-29)32-14-13-31-4-2)18-7-12-22-23(15-18)34-17-33-22/h3,7-12,15,21,26,30H,1,4-6,13-14,16-17H2,2H3. The molecule has 0 fully saturated rings. The zero-order valence-electron chi connectivity index (χ0n) is 19.3. The summed E-state index contributed by atoms with van der Waals surface area (Å²) < 4.78 is 23.7. The maximum absolute atomic E-state index is 10.0. The van der Waals surface area contributed by atoms with Gasteiger partial charge in [-0.15, -0.1) is 11.7 Å². The van der Waals surface area contributed by atoms with Crippen LogP contribution in [-0.4, -0.2) is 59.1 Å². The number of benzene rings is 2. The molecule has 1 atom stereocenters. The number of aromatic nitrogens is 3. The molecule has 1 aliphatic heterocycles. The van der Waals surface area contributed by atoms with Crippen molar-refractivity contribution in [2.45, 2.75) is 25.9 Å².